The maximum Gasteiger partial charge on any atom is 0.269 e. The van der Waals surface area contributed by atoms with E-state index in [9.17, 15) is 22.0 Å². The maximum absolute atomic E-state index is 13.2. The molecule has 1 atom stereocenters. The van der Waals surface area contributed by atoms with E-state index in [2.05, 4.69) is 20.3 Å². The summed E-state index contributed by atoms with van der Waals surface area (Å²) in [5, 5.41) is 2.78. The molecule has 0 spiro atoms. The molecule has 4 heterocycles. The van der Waals surface area contributed by atoms with Gasteiger partial charge >= 0.3 is 0 Å². The molecule has 1 aromatic carbocycles. The van der Waals surface area contributed by atoms with Crippen molar-refractivity contribution >= 4 is 26.6 Å². The highest BCUT2D eigenvalue weighted by atomic mass is 32.2. The highest BCUT2D eigenvalue weighted by Crippen LogP contribution is 2.30. The fourth-order valence-electron chi connectivity index (χ4n) is 4.21. The minimum Gasteiger partial charge on any atom is -0.481 e. The zero-order valence-electron chi connectivity index (χ0n) is 21.0. The Bertz CT molecular complexity index is 1680. The summed E-state index contributed by atoms with van der Waals surface area (Å²) in [6.07, 6.45) is -1.11. The Labute approximate surface area is 223 Å². The molecule has 0 radical (unpaired) electrons. The summed E-state index contributed by atoms with van der Waals surface area (Å²) >= 11 is 0. The van der Waals surface area contributed by atoms with Gasteiger partial charge < -0.3 is 14.8 Å². The standard InChI is InChI=1S/C27H24F2N4O5S/c1-15-13-38-14-18-4-3-16(9-24(18)39(15,35)36)26(34)31-12-19-10-23-17(11-30-19)5-7-21(32-23)22-8-6-20(25(28)29)27(33-22)37-2/h3-11,15,25H,12-14H2,1-2H3,(H,31,34)/t15-/m0/s1. The van der Waals surface area contributed by atoms with Gasteiger partial charge in [-0.15, -0.1) is 0 Å². The van der Waals surface area contributed by atoms with Gasteiger partial charge in [0, 0.05) is 17.1 Å². The number of carbonyl (C=O) groups excluding carboxylic acids is 1. The number of rotatable bonds is 6. The van der Waals surface area contributed by atoms with E-state index in [4.69, 9.17) is 9.47 Å². The number of carbonyl (C=O) groups is 1. The van der Waals surface area contributed by atoms with E-state index in [1.165, 1.54) is 25.3 Å². The van der Waals surface area contributed by atoms with Gasteiger partial charge in [0.25, 0.3) is 12.3 Å². The number of benzene rings is 1. The van der Waals surface area contributed by atoms with Crippen LogP contribution in [0.4, 0.5) is 8.78 Å². The average Bonchev–Trinajstić information content (AvgIpc) is 3.05. The number of hydrogen-bond acceptors (Lipinski definition) is 8. The van der Waals surface area contributed by atoms with Crippen molar-refractivity contribution in [3.63, 3.8) is 0 Å². The predicted molar refractivity (Wildman–Crippen MR) is 138 cm³/mol. The smallest absolute Gasteiger partial charge is 0.269 e. The van der Waals surface area contributed by atoms with Crippen molar-refractivity contribution in [3.8, 4) is 17.3 Å². The lowest BCUT2D eigenvalue weighted by Crippen LogP contribution is -2.24. The lowest BCUT2D eigenvalue weighted by Gasteiger charge is -2.12. The van der Waals surface area contributed by atoms with Gasteiger partial charge in [-0.25, -0.2) is 27.2 Å². The number of hydrogen-bond donors (Lipinski definition) is 1. The van der Waals surface area contributed by atoms with Crippen LogP contribution in [0.1, 0.15) is 40.5 Å². The van der Waals surface area contributed by atoms with Gasteiger partial charge in [0.05, 0.1) is 65.2 Å². The number of nitrogens with one attached hydrogen (secondary N) is 1. The average molecular weight is 555 g/mol. The molecule has 9 nitrogen and oxygen atoms in total. The Kier molecular flexibility index (Phi) is 7.23. The Morgan fingerprint density at radius 1 is 1.13 bits per heavy atom. The SMILES string of the molecule is COc1nc(-c2ccc3cnc(CNC(=O)c4ccc5c(c4)S(=O)(=O)[C@@H](C)COC5)cc3n2)ccc1C(F)F. The van der Waals surface area contributed by atoms with E-state index >= 15 is 0 Å². The van der Waals surface area contributed by atoms with Crippen LogP contribution in [0.2, 0.25) is 0 Å². The van der Waals surface area contributed by atoms with E-state index in [1.807, 2.05) is 0 Å². The number of aromatic nitrogens is 3. The Morgan fingerprint density at radius 2 is 1.90 bits per heavy atom. The molecule has 12 heteroatoms. The van der Waals surface area contributed by atoms with Crippen molar-refractivity contribution in [1.82, 2.24) is 20.3 Å². The van der Waals surface area contributed by atoms with E-state index in [0.29, 0.717) is 28.2 Å². The lowest BCUT2D eigenvalue weighted by atomic mass is 10.1. The molecule has 0 aliphatic carbocycles. The molecule has 0 bridgehead atoms. The van der Waals surface area contributed by atoms with Gasteiger partial charge in [-0.3, -0.25) is 9.78 Å². The van der Waals surface area contributed by atoms with Crippen molar-refractivity contribution in [3.05, 3.63) is 77.1 Å². The molecule has 1 N–H and O–H groups in total. The third-order valence-electron chi connectivity index (χ3n) is 6.42. The molecular formula is C27H24F2N4O5S. The van der Waals surface area contributed by atoms with Crippen LogP contribution < -0.4 is 10.1 Å². The van der Waals surface area contributed by atoms with E-state index in [0.717, 1.165) is 5.39 Å². The van der Waals surface area contributed by atoms with Crippen LogP contribution in [0, 0.1) is 0 Å². The summed E-state index contributed by atoms with van der Waals surface area (Å²) in [6, 6.07) is 12.4. The number of pyridine rings is 3. The molecule has 0 unspecified atom stereocenters. The van der Waals surface area contributed by atoms with Crippen molar-refractivity contribution in [2.24, 2.45) is 0 Å². The Morgan fingerprint density at radius 3 is 2.67 bits per heavy atom. The number of ether oxygens (including phenoxy) is 2. The molecule has 0 saturated carbocycles. The summed E-state index contributed by atoms with van der Waals surface area (Å²) in [7, 11) is -2.34. The first kappa shape index (κ1) is 26.6. The molecule has 1 aliphatic rings. The number of fused-ring (bicyclic) bond motifs is 2. The number of sulfone groups is 1. The molecular weight excluding hydrogens is 530 g/mol. The summed E-state index contributed by atoms with van der Waals surface area (Å²) < 4.78 is 62.5. The number of nitrogens with zero attached hydrogens (tertiary/aromatic N) is 3. The molecule has 3 aromatic heterocycles. The lowest BCUT2D eigenvalue weighted by molar-refractivity contribution is 0.0949. The second-order valence-corrected chi connectivity index (χ2v) is 11.4. The van der Waals surface area contributed by atoms with Crippen LogP contribution in [-0.2, 0) is 27.7 Å². The molecule has 1 amide bonds. The van der Waals surface area contributed by atoms with Gasteiger partial charge in [-0.2, -0.15) is 0 Å². The van der Waals surface area contributed by atoms with Crippen LogP contribution in [0.25, 0.3) is 22.3 Å². The van der Waals surface area contributed by atoms with Crippen LogP contribution in [0.3, 0.4) is 0 Å². The fraction of sp³-hybridized carbons (Fsp3) is 0.259. The first-order valence-corrected chi connectivity index (χ1v) is 13.5. The largest absolute Gasteiger partial charge is 0.481 e. The molecule has 0 fully saturated rings. The molecule has 5 rings (SSSR count). The van der Waals surface area contributed by atoms with E-state index in [-0.39, 0.29) is 41.7 Å². The monoisotopic (exact) mass is 554 g/mol. The highest BCUT2D eigenvalue weighted by molar-refractivity contribution is 7.92. The topological polar surface area (TPSA) is 120 Å². The summed E-state index contributed by atoms with van der Waals surface area (Å²) in [4.78, 5) is 26.1. The van der Waals surface area contributed by atoms with E-state index < -0.39 is 27.4 Å². The number of halogens is 2. The first-order chi connectivity index (χ1) is 18.7. The zero-order chi connectivity index (χ0) is 27.7. The third-order valence-corrected chi connectivity index (χ3v) is 8.61. The maximum atomic E-state index is 13.2. The Hall–Kier alpha value is -4.03. The van der Waals surface area contributed by atoms with Gasteiger partial charge in [0.15, 0.2) is 9.84 Å². The molecule has 4 aromatic rings. The van der Waals surface area contributed by atoms with Gasteiger partial charge in [0.2, 0.25) is 5.88 Å². The van der Waals surface area contributed by atoms with Gasteiger partial charge in [-0.05, 0) is 55.0 Å². The second-order valence-electron chi connectivity index (χ2n) is 9.04. The molecule has 39 heavy (non-hydrogen) atoms. The minimum atomic E-state index is -3.62. The van der Waals surface area contributed by atoms with Crippen LogP contribution in [-0.4, -0.2) is 48.2 Å². The van der Waals surface area contributed by atoms with E-state index in [1.54, 1.807) is 43.5 Å². The van der Waals surface area contributed by atoms with Gasteiger partial charge in [0.1, 0.15) is 0 Å². The number of alkyl halides is 2. The fourth-order valence-corrected chi connectivity index (χ4v) is 5.71. The quantitative estimate of drug-likeness (QED) is 0.375. The summed E-state index contributed by atoms with van der Waals surface area (Å²) in [5.74, 6) is -0.625. The van der Waals surface area contributed by atoms with Gasteiger partial charge in [-0.1, -0.05) is 6.07 Å². The normalized spacial score (nSPS) is 16.5. The van der Waals surface area contributed by atoms with Crippen molar-refractivity contribution < 1.29 is 31.5 Å². The molecule has 202 valence electrons. The van der Waals surface area contributed by atoms with Crippen molar-refractivity contribution in [1.29, 1.82) is 0 Å². The van der Waals surface area contributed by atoms with Crippen LogP contribution >= 0.6 is 0 Å². The highest BCUT2D eigenvalue weighted by Gasteiger charge is 2.30. The first-order valence-electron chi connectivity index (χ1n) is 12.0. The minimum absolute atomic E-state index is 0.0686. The third kappa shape index (κ3) is 5.30. The molecule has 0 saturated heterocycles. The Balaban J connectivity index is 1.36. The summed E-state index contributed by atoms with van der Waals surface area (Å²) in [6.45, 7) is 1.90. The number of methoxy groups -OCH3 is 1. The van der Waals surface area contributed by atoms with Crippen LogP contribution in [0.15, 0.2) is 59.6 Å². The van der Waals surface area contributed by atoms with Crippen LogP contribution in [0.5, 0.6) is 5.88 Å². The summed E-state index contributed by atoms with van der Waals surface area (Å²) in [5.41, 5.74) is 2.32. The van der Waals surface area contributed by atoms with Crippen molar-refractivity contribution in [2.45, 2.75) is 36.6 Å². The molecule has 1 aliphatic heterocycles. The second kappa shape index (κ2) is 10.6. The zero-order valence-corrected chi connectivity index (χ0v) is 21.8. The number of amides is 1. The predicted octanol–water partition coefficient (Wildman–Crippen LogP) is 4.26. The van der Waals surface area contributed by atoms with Crippen molar-refractivity contribution in [2.75, 3.05) is 13.7 Å².